The van der Waals surface area contributed by atoms with Crippen molar-refractivity contribution in [1.29, 1.82) is 0 Å². The van der Waals surface area contributed by atoms with E-state index in [2.05, 4.69) is 16.0 Å². The lowest BCUT2D eigenvalue weighted by Gasteiger charge is -2.45. The highest BCUT2D eigenvalue weighted by molar-refractivity contribution is 7.89. The van der Waals surface area contributed by atoms with Gasteiger partial charge in [0.25, 0.3) is 0 Å². The van der Waals surface area contributed by atoms with E-state index in [0.29, 0.717) is 32.1 Å². The highest BCUT2D eigenvalue weighted by Gasteiger charge is 2.45. The Balaban J connectivity index is 1.17. The van der Waals surface area contributed by atoms with Crippen LogP contribution in [0.1, 0.15) is 38.2 Å². The predicted molar refractivity (Wildman–Crippen MR) is 121 cm³/mol. The molecule has 5 rings (SSSR count). The number of piperidine rings is 1. The van der Waals surface area contributed by atoms with Crippen molar-refractivity contribution in [3.05, 3.63) is 30.1 Å². The number of aromatic nitrogens is 2. The largest absolute Gasteiger partial charge is 0.372 e. The van der Waals surface area contributed by atoms with E-state index in [1.54, 1.807) is 20.3 Å². The fourth-order valence-electron chi connectivity index (χ4n) is 5.26. The van der Waals surface area contributed by atoms with E-state index in [0.717, 1.165) is 23.9 Å². The molecule has 0 radical (unpaired) electrons. The summed E-state index contributed by atoms with van der Waals surface area (Å²) in [6.45, 7) is 6.59. The van der Waals surface area contributed by atoms with E-state index in [1.807, 2.05) is 26.1 Å². The highest BCUT2D eigenvalue weighted by Crippen LogP contribution is 2.34. The first-order valence-corrected chi connectivity index (χ1v) is 12.9. The number of nitrogens with one attached hydrogen (secondary N) is 1. The third kappa shape index (κ3) is 3.88. The molecule has 0 bridgehead atoms. The van der Waals surface area contributed by atoms with Crippen LogP contribution in [-0.4, -0.2) is 95.2 Å². The maximum Gasteiger partial charge on any atom is 0.320 e. The van der Waals surface area contributed by atoms with Gasteiger partial charge in [-0.15, -0.1) is 0 Å². The molecule has 0 unspecified atom stereocenters. The van der Waals surface area contributed by atoms with E-state index < -0.39 is 15.3 Å². The van der Waals surface area contributed by atoms with E-state index in [1.165, 1.54) is 5.56 Å². The summed E-state index contributed by atoms with van der Waals surface area (Å²) in [5, 5.41) is 0.616. The Morgan fingerprint density at radius 2 is 1.75 bits per heavy atom. The topological polar surface area (TPSA) is 98.8 Å². The van der Waals surface area contributed by atoms with Crippen LogP contribution in [0.15, 0.2) is 24.5 Å². The smallest absolute Gasteiger partial charge is 0.320 e. The van der Waals surface area contributed by atoms with Crippen molar-refractivity contribution in [2.24, 2.45) is 0 Å². The summed E-state index contributed by atoms with van der Waals surface area (Å²) in [6, 6.07) is 3.92. The van der Waals surface area contributed by atoms with Crippen molar-refractivity contribution in [3.63, 3.8) is 0 Å². The summed E-state index contributed by atoms with van der Waals surface area (Å²) in [5.74, 6) is 0.323. The normalized spacial score (nSPS) is 26.4. The lowest BCUT2D eigenvalue weighted by Crippen LogP contribution is -2.64. The number of amides is 2. The molecule has 2 aromatic rings. The molecule has 2 amide bonds. The standard InChI is InChI=1S/C22H31N5O4S/c1-15-11-25(12-16(2)31-15)22(28)26-13-18(14-26)32(29,30)27-8-5-17(6-9-27)20-10-24-21-19(20)4-3-7-23-21/h3-4,7,10,15-18H,5-6,8-9,11-14H2,1-2H3,(H,23,24)/t15-,16+. The van der Waals surface area contributed by atoms with Gasteiger partial charge < -0.3 is 19.5 Å². The summed E-state index contributed by atoms with van der Waals surface area (Å²) in [5.41, 5.74) is 2.10. The van der Waals surface area contributed by atoms with E-state index in [4.69, 9.17) is 4.74 Å². The van der Waals surface area contributed by atoms with Crippen LogP contribution in [-0.2, 0) is 14.8 Å². The number of ether oxygens (including phenoxy) is 1. The molecule has 0 aliphatic carbocycles. The first-order valence-electron chi connectivity index (χ1n) is 11.4. The SMILES string of the molecule is C[C@@H]1CN(C(=O)N2CC(S(=O)(=O)N3CCC(c4c[nH]c5ncccc45)CC3)C2)C[C@H](C)O1. The minimum absolute atomic E-state index is 0.00210. The van der Waals surface area contributed by atoms with Gasteiger partial charge in [0.2, 0.25) is 10.0 Å². The lowest BCUT2D eigenvalue weighted by molar-refractivity contribution is -0.0597. The number of H-pyrrole nitrogens is 1. The first kappa shape index (κ1) is 21.7. The summed E-state index contributed by atoms with van der Waals surface area (Å²) in [4.78, 5) is 23.8. The number of sulfonamides is 1. The molecule has 3 aliphatic rings. The number of hydrogen-bond donors (Lipinski definition) is 1. The fraction of sp³-hybridized carbons (Fsp3) is 0.636. The third-order valence-corrected chi connectivity index (χ3v) is 9.19. The number of nitrogens with zero attached hydrogens (tertiary/aromatic N) is 4. The number of hydrogen-bond acceptors (Lipinski definition) is 5. The lowest BCUT2D eigenvalue weighted by atomic mass is 9.90. The quantitative estimate of drug-likeness (QED) is 0.754. The van der Waals surface area contributed by atoms with Crippen LogP contribution in [0.4, 0.5) is 4.79 Å². The highest BCUT2D eigenvalue weighted by atomic mass is 32.2. The average molecular weight is 462 g/mol. The number of aromatic amines is 1. The van der Waals surface area contributed by atoms with Gasteiger partial charge in [0.15, 0.2) is 0 Å². The molecule has 174 valence electrons. The second-order valence-electron chi connectivity index (χ2n) is 9.33. The molecule has 32 heavy (non-hydrogen) atoms. The molecule has 3 aliphatic heterocycles. The molecule has 0 aromatic carbocycles. The van der Waals surface area contributed by atoms with Gasteiger partial charge in [0.1, 0.15) is 10.9 Å². The Morgan fingerprint density at radius 3 is 2.44 bits per heavy atom. The van der Waals surface area contributed by atoms with Crippen LogP contribution in [0.2, 0.25) is 0 Å². The molecule has 0 saturated carbocycles. The Morgan fingerprint density at radius 1 is 1.09 bits per heavy atom. The number of fused-ring (bicyclic) bond motifs is 1. The maximum atomic E-state index is 13.2. The van der Waals surface area contributed by atoms with Gasteiger partial charge in [0.05, 0.1) is 12.2 Å². The van der Waals surface area contributed by atoms with Gasteiger partial charge in [0, 0.05) is 57.0 Å². The predicted octanol–water partition coefficient (Wildman–Crippen LogP) is 1.99. The zero-order valence-corrected chi connectivity index (χ0v) is 19.4. The monoisotopic (exact) mass is 461 g/mol. The van der Waals surface area contributed by atoms with Crippen LogP contribution in [0, 0.1) is 0 Å². The molecule has 3 fully saturated rings. The maximum absolute atomic E-state index is 13.2. The number of carbonyl (C=O) groups excluding carboxylic acids is 1. The second-order valence-corrected chi connectivity index (χ2v) is 11.5. The summed E-state index contributed by atoms with van der Waals surface area (Å²) < 4.78 is 33.6. The number of likely N-dealkylation sites (tertiary alicyclic amines) is 1. The van der Waals surface area contributed by atoms with Gasteiger partial charge >= 0.3 is 6.03 Å². The van der Waals surface area contributed by atoms with Crippen LogP contribution < -0.4 is 0 Å². The van der Waals surface area contributed by atoms with Crippen molar-refractivity contribution < 1.29 is 17.9 Å². The van der Waals surface area contributed by atoms with E-state index in [9.17, 15) is 13.2 Å². The zero-order chi connectivity index (χ0) is 22.5. The number of carbonyl (C=O) groups is 1. The number of urea groups is 1. The average Bonchev–Trinajstić information content (AvgIpc) is 3.16. The summed E-state index contributed by atoms with van der Waals surface area (Å²) in [7, 11) is -3.40. The molecule has 1 N–H and O–H groups in total. The molecule has 2 aromatic heterocycles. The molecule has 2 atom stereocenters. The molecule has 0 spiro atoms. The minimum Gasteiger partial charge on any atom is -0.372 e. The first-order chi connectivity index (χ1) is 15.3. The fourth-order valence-corrected chi connectivity index (χ4v) is 7.14. The zero-order valence-electron chi connectivity index (χ0n) is 18.6. The van der Waals surface area contributed by atoms with Crippen molar-refractivity contribution in [2.45, 2.75) is 50.1 Å². The van der Waals surface area contributed by atoms with Gasteiger partial charge in [-0.25, -0.2) is 22.5 Å². The van der Waals surface area contributed by atoms with Crippen molar-refractivity contribution >= 4 is 27.1 Å². The van der Waals surface area contributed by atoms with Crippen molar-refractivity contribution in [2.75, 3.05) is 39.3 Å². The summed E-state index contributed by atoms with van der Waals surface area (Å²) in [6.07, 6.45) is 5.36. The van der Waals surface area contributed by atoms with Crippen LogP contribution in [0.25, 0.3) is 11.0 Å². The second kappa shape index (κ2) is 8.31. The molecule has 9 nitrogen and oxygen atoms in total. The molecule has 10 heteroatoms. The van der Waals surface area contributed by atoms with E-state index in [-0.39, 0.29) is 31.3 Å². The van der Waals surface area contributed by atoms with Gasteiger partial charge in [-0.1, -0.05) is 0 Å². The summed E-state index contributed by atoms with van der Waals surface area (Å²) >= 11 is 0. The molecular formula is C22H31N5O4S. The molecule has 5 heterocycles. The van der Waals surface area contributed by atoms with Crippen LogP contribution >= 0.6 is 0 Å². The van der Waals surface area contributed by atoms with Gasteiger partial charge in [-0.2, -0.15) is 0 Å². The van der Waals surface area contributed by atoms with Gasteiger partial charge in [-0.05, 0) is 50.3 Å². The third-order valence-electron chi connectivity index (χ3n) is 6.97. The number of pyridine rings is 1. The van der Waals surface area contributed by atoms with E-state index >= 15 is 0 Å². The van der Waals surface area contributed by atoms with Crippen molar-refractivity contribution in [3.8, 4) is 0 Å². The minimum atomic E-state index is -3.40. The Bertz CT molecular complexity index is 1080. The molecule has 3 saturated heterocycles. The van der Waals surface area contributed by atoms with Crippen molar-refractivity contribution in [1.82, 2.24) is 24.1 Å². The molecular weight excluding hydrogens is 430 g/mol. The van der Waals surface area contributed by atoms with Crippen LogP contribution in [0.5, 0.6) is 0 Å². The Hall–Kier alpha value is -2.17. The number of morpholine rings is 1. The van der Waals surface area contributed by atoms with Gasteiger partial charge in [-0.3, -0.25) is 0 Å². The van der Waals surface area contributed by atoms with Crippen LogP contribution in [0.3, 0.4) is 0 Å². The Labute approximate surface area is 188 Å². The number of rotatable bonds is 3. The Kier molecular flexibility index (Phi) is 5.63.